The molecule has 1 atom stereocenters. The van der Waals surface area contributed by atoms with E-state index in [4.69, 9.17) is 0 Å². The van der Waals surface area contributed by atoms with Crippen LogP contribution in [0.2, 0.25) is 0 Å². The predicted octanol–water partition coefficient (Wildman–Crippen LogP) is 0.568. The van der Waals surface area contributed by atoms with Crippen molar-refractivity contribution in [2.75, 3.05) is 0 Å². The Morgan fingerprint density at radius 3 is 3.27 bits per heavy atom. The summed E-state index contributed by atoms with van der Waals surface area (Å²) in [5.74, 6) is 0.962. The summed E-state index contributed by atoms with van der Waals surface area (Å²) >= 11 is 0. The third kappa shape index (κ3) is 1.16. The average Bonchev–Trinajstić information content (AvgIpc) is 2.27. The highest BCUT2D eigenvalue weighted by Crippen LogP contribution is 2.18. The first-order chi connectivity index (χ1) is 5.25. The van der Waals surface area contributed by atoms with Gasteiger partial charge in [0.1, 0.15) is 5.82 Å². The third-order valence-electron chi connectivity index (χ3n) is 2.14. The molecule has 0 bridgehead atoms. The van der Waals surface area contributed by atoms with Gasteiger partial charge in [0.2, 0.25) is 0 Å². The summed E-state index contributed by atoms with van der Waals surface area (Å²) in [4.78, 5) is 7.47. The van der Waals surface area contributed by atoms with Gasteiger partial charge in [-0.25, -0.2) is 4.98 Å². The van der Waals surface area contributed by atoms with E-state index in [1.54, 1.807) is 0 Å². The number of aliphatic hydroxyl groups is 1. The van der Waals surface area contributed by atoms with Gasteiger partial charge < -0.3 is 10.1 Å². The zero-order valence-corrected chi connectivity index (χ0v) is 6.59. The van der Waals surface area contributed by atoms with E-state index in [1.165, 1.54) is 0 Å². The number of aromatic nitrogens is 2. The van der Waals surface area contributed by atoms with Crippen molar-refractivity contribution in [2.24, 2.45) is 0 Å². The molecule has 11 heavy (non-hydrogen) atoms. The lowest BCUT2D eigenvalue weighted by Gasteiger charge is -2.14. The molecule has 0 saturated carbocycles. The predicted molar refractivity (Wildman–Crippen MR) is 41.4 cm³/mol. The zero-order valence-electron chi connectivity index (χ0n) is 6.59. The summed E-state index contributed by atoms with van der Waals surface area (Å²) in [6.45, 7) is 1.95. The van der Waals surface area contributed by atoms with Crippen molar-refractivity contribution in [3.05, 3.63) is 17.2 Å². The van der Waals surface area contributed by atoms with E-state index in [0.29, 0.717) is 0 Å². The van der Waals surface area contributed by atoms with Crippen LogP contribution in [0.15, 0.2) is 0 Å². The Bertz CT molecular complexity index is 267. The number of nitrogens with zero attached hydrogens (tertiary/aromatic N) is 1. The van der Waals surface area contributed by atoms with Gasteiger partial charge in [0.15, 0.2) is 0 Å². The maximum atomic E-state index is 9.32. The van der Waals surface area contributed by atoms with Crippen LogP contribution in [-0.2, 0) is 12.8 Å². The van der Waals surface area contributed by atoms with Crippen molar-refractivity contribution in [1.29, 1.82) is 0 Å². The van der Waals surface area contributed by atoms with E-state index in [2.05, 4.69) is 9.97 Å². The highest BCUT2D eigenvalue weighted by molar-refractivity contribution is 5.18. The number of hydrogen-bond donors (Lipinski definition) is 2. The second-order valence-corrected chi connectivity index (χ2v) is 3.14. The first kappa shape index (κ1) is 6.85. The lowest BCUT2D eigenvalue weighted by Crippen LogP contribution is -2.18. The first-order valence-corrected chi connectivity index (χ1v) is 3.98. The topological polar surface area (TPSA) is 48.9 Å². The summed E-state index contributed by atoms with van der Waals surface area (Å²) in [7, 11) is 0. The summed E-state index contributed by atoms with van der Waals surface area (Å²) in [6.07, 6.45) is 2.36. The summed E-state index contributed by atoms with van der Waals surface area (Å²) in [6, 6.07) is 0. The minimum atomic E-state index is -0.164. The van der Waals surface area contributed by atoms with E-state index in [1.807, 2.05) is 6.92 Å². The van der Waals surface area contributed by atoms with Crippen LogP contribution in [-0.4, -0.2) is 21.2 Å². The molecule has 0 saturated heterocycles. The van der Waals surface area contributed by atoms with Gasteiger partial charge in [0, 0.05) is 12.1 Å². The molecule has 2 rings (SSSR count). The number of H-pyrrole nitrogens is 1. The Labute approximate surface area is 65.5 Å². The zero-order chi connectivity index (χ0) is 7.84. The number of nitrogens with one attached hydrogen (secondary N) is 1. The minimum Gasteiger partial charge on any atom is -0.393 e. The van der Waals surface area contributed by atoms with Gasteiger partial charge in [0.05, 0.1) is 11.8 Å². The second-order valence-electron chi connectivity index (χ2n) is 3.14. The fourth-order valence-corrected chi connectivity index (χ4v) is 1.61. The highest BCUT2D eigenvalue weighted by Gasteiger charge is 2.18. The van der Waals surface area contributed by atoms with Crippen LogP contribution in [0.1, 0.15) is 23.6 Å². The Morgan fingerprint density at radius 1 is 1.64 bits per heavy atom. The van der Waals surface area contributed by atoms with Crippen molar-refractivity contribution in [2.45, 2.75) is 32.3 Å². The number of imidazole rings is 1. The fourth-order valence-electron chi connectivity index (χ4n) is 1.61. The van der Waals surface area contributed by atoms with E-state index < -0.39 is 0 Å². The number of fused-ring (bicyclic) bond motifs is 1. The Hall–Kier alpha value is -0.830. The largest absolute Gasteiger partial charge is 0.393 e. The second kappa shape index (κ2) is 2.34. The molecule has 1 aromatic rings. The number of aliphatic hydroxyl groups excluding tert-OH is 1. The number of rotatable bonds is 0. The quantitative estimate of drug-likeness (QED) is 0.571. The average molecular weight is 152 g/mol. The molecular formula is C8H12N2O. The molecule has 2 N–H and O–H groups in total. The monoisotopic (exact) mass is 152 g/mol. The molecule has 0 unspecified atom stereocenters. The van der Waals surface area contributed by atoms with Crippen molar-refractivity contribution < 1.29 is 5.11 Å². The normalized spacial score (nSPS) is 23.3. The molecule has 0 amide bonds. The Balaban J connectivity index is 2.34. The van der Waals surface area contributed by atoms with Gasteiger partial charge in [-0.1, -0.05) is 0 Å². The van der Waals surface area contributed by atoms with Crippen molar-refractivity contribution >= 4 is 0 Å². The molecular weight excluding hydrogens is 140 g/mol. The van der Waals surface area contributed by atoms with Crippen LogP contribution >= 0.6 is 0 Å². The van der Waals surface area contributed by atoms with Crippen molar-refractivity contribution in [1.82, 2.24) is 9.97 Å². The minimum absolute atomic E-state index is 0.164. The summed E-state index contributed by atoms with van der Waals surface area (Å²) < 4.78 is 0. The Kier molecular flexibility index (Phi) is 1.46. The number of hydrogen-bond acceptors (Lipinski definition) is 2. The van der Waals surface area contributed by atoms with Crippen LogP contribution in [0.5, 0.6) is 0 Å². The molecule has 3 nitrogen and oxygen atoms in total. The molecule has 3 heteroatoms. The van der Waals surface area contributed by atoms with Gasteiger partial charge in [-0.3, -0.25) is 0 Å². The maximum absolute atomic E-state index is 9.32. The van der Waals surface area contributed by atoms with Gasteiger partial charge in [-0.2, -0.15) is 0 Å². The van der Waals surface area contributed by atoms with Gasteiger partial charge in [0.25, 0.3) is 0 Å². The van der Waals surface area contributed by atoms with Gasteiger partial charge >= 0.3 is 0 Å². The summed E-state index contributed by atoms with van der Waals surface area (Å²) in [5, 5.41) is 9.32. The van der Waals surface area contributed by atoms with E-state index >= 15 is 0 Å². The maximum Gasteiger partial charge on any atom is 0.103 e. The Morgan fingerprint density at radius 2 is 2.45 bits per heavy atom. The van der Waals surface area contributed by atoms with Crippen LogP contribution in [0, 0.1) is 6.92 Å². The van der Waals surface area contributed by atoms with E-state index in [0.717, 1.165) is 36.5 Å². The molecule has 0 radical (unpaired) electrons. The van der Waals surface area contributed by atoms with Crippen molar-refractivity contribution in [3.63, 3.8) is 0 Å². The fraction of sp³-hybridized carbons (Fsp3) is 0.625. The molecule has 0 fully saturated rings. The standard InChI is InChI=1S/C8H12N2O/c1-5-9-7-3-2-6(11)4-8(7)10-5/h6,11H,2-4H2,1H3,(H,9,10)/t6-/m1/s1. The third-order valence-corrected chi connectivity index (χ3v) is 2.14. The molecule has 1 aliphatic rings. The molecule has 0 spiro atoms. The molecule has 1 aliphatic carbocycles. The molecule has 0 aliphatic heterocycles. The number of aromatic amines is 1. The van der Waals surface area contributed by atoms with E-state index in [-0.39, 0.29) is 6.10 Å². The molecule has 1 aromatic heterocycles. The smallest absolute Gasteiger partial charge is 0.103 e. The van der Waals surface area contributed by atoms with Crippen molar-refractivity contribution in [3.8, 4) is 0 Å². The summed E-state index contributed by atoms with van der Waals surface area (Å²) in [5.41, 5.74) is 2.27. The lowest BCUT2D eigenvalue weighted by atomic mass is 9.99. The van der Waals surface area contributed by atoms with Crippen LogP contribution in [0.3, 0.4) is 0 Å². The van der Waals surface area contributed by atoms with Crippen LogP contribution in [0.25, 0.3) is 0 Å². The first-order valence-electron chi connectivity index (χ1n) is 3.98. The lowest BCUT2D eigenvalue weighted by molar-refractivity contribution is 0.157. The number of aryl methyl sites for hydroxylation is 2. The SMILES string of the molecule is Cc1nc2c([nH]1)C[C@H](O)CC2. The van der Waals surface area contributed by atoms with Gasteiger partial charge in [-0.05, 0) is 19.8 Å². The van der Waals surface area contributed by atoms with Gasteiger partial charge in [-0.15, -0.1) is 0 Å². The van der Waals surface area contributed by atoms with E-state index in [9.17, 15) is 5.11 Å². The molecule has 0 aromatic carbocycles. The van der Waals surface area contributed by atoms with Crippen LogP contribution in [0.4, 0.5) is 0 Å². The molecule has 60 valence electrons. The van der Waals surface area contributed by atoms with Crippen LogP contribution < -0.4 is 0 Å². The molecule has 1 heterocycles. The highest BCUT2D eigenvalue weighted by atomic mass is 16.3.